The van der Waals surface area contributed by atoms with Gasteiger partial charge in [-0.1, -0.05) is 18.2 Å². The van der Waals surface area contributed by atoms with Crippen molar-refractivity contribution in [2.75, 3.05) is 13.6 Å². The fourth-order valence-electron chi connectivity index (χ4n) is 2.02. The molecule has 1 aromatic carbocycles. The van der Waals surface area contributed by atoms with E-state index in [0.29, 0.717) is 6.54 Å². The van der Waals surface area contributed by atoms with Gasteiger partial charge in [-0.15, -0.1) is 0 Å². The highest BCUT2D eigenvalue weighted by Crippen LogP contribution is 2.07. The highest BCUT2D eigenvalue weighted by atomic mass is 16.2. The lowest BCUT2D eigenvalue weighted by molar-refractivity contribution is -0.131. The van der Waals surface area contributed by atoms with Crippen LogP contribution in [0.2, 0.25) is 0 Å². The summed E-state index contributed by atoms with van der Waals surface area (Å²) in [6, 6.07) is 9.76. The minimum Gasteiger partial charge on any atom is -0.345 e. The first-order valence-corrected chi connectivity index (χ1v) is 7.19. The van der Waals surface area contributed by atoms with E-state index in [9.17, 15) is 4.79 Å². The Morgan fingerprint density at radius 3 is 2.76 bits per heavy atom. The fourth-order valence-corrected chi connectivity index (χ4v) is 2.02. The minimum absolute atomic E-state index is 0.105. The van der Waals surface area contributed by atoms with Crippen molar-refractivity contribution in [1.82, 2.24) is 20.0 Å². The second kappa shape index (κ2) is 7.04. The van der Waals surface area contributed by atoms with Crippen molar-refractivity contribution in [1.29, 1.82) is 0 Å². The van der Waals surface area contributed by atoms with Crippen LogP contribution < -0.4 is 5.32 Å². The van der Waals surface area contributed by atoms with Gasteiger partial charge in [-0.2, -0.15) is 5.10 Å². The number of para-hydroxylation sites is 1. The zero-order valence-electron chi connectivity index (χ0n) is 12.8. The van der Waals surface area contributed by atoms with Crippen molar-refractivity contribution >= 4 is 5.91 Å². The van der Waals surface area contributed by atoms with E-state index in [1.807, 2.05) is 68.3 Å². The van der Waals surface area contributed by atoms with Crippen LogP contribution in [0.25, 0.3) is 5.69 Å². The van der Waals surface area contributed by atoms with E-state index >= 15 is 0 Å². The number of rotatable bonds is 6. The average Bonchev–Trinajstić information content (AvgIpc) is 3.01. The van der Waals surface area contributed by atoms with Crippen LogP contribution >= 0.6 is 0 Å². The number of benzene rings is 1. The van der Waals surface area contributed by atoms with Gasteiger partial charge in [0.25, 0.3) is 0 Å². The molecule has 0 aliphatic rings. The van der Waals surface area contributed by atoms with Crippen LogP contribution in [0.5, 0.6) is 0 Å². The zero-order chi connectivity index (χ0) is 15.2. The lowest BCUT2D eigenvalue weighted by Gasteiger charge is -2.20. The summed E-state index contributed by atoms with van der Waals surface area (Å²) in [6.45, 7) is 5.19. The normalized spacial score (nSPS) is 12.1. The van der Waals surface area contributed by atoms with E-state index < -0.39 is 0 Å². The molecule has 2 rings (SSSR count). The number of carbonyl (C=O) groups excluding carboxylic acids is 1. The Bertz CT molecular complexity index is 579. The standard InChI is InChI=1S/C16H22N4O/c1-4-19(3)16(21)13(2)17-10-14-11-18-20(12-14)15-8-6-5-7-9-15/h5-9,11-13,17H,4,10H2,1-3H3. The molecule has 112 valence electrons. The molecule has 0 saturated heterocycles. The maximum atomic E-state index is 12.0. The molecule has 0 bridgehead atoms. The number of nitrogens with one attached hydrogen (secondary N) is 1. The fraction of sp³-hybridized carbons (Fsp3) is 0.375. The van der Waals surface area contributed by atoms with Gasteiger partial charge in [0, 0.05) is 31.9 Å². The van der Waals surface area contributed by atoms with Crippen LogP contribution in [0.15, 0.2) is 42.7 Å². The number of nitrogens with zero attached hydrogens (tertiary/aromatic N) is 3. The summed E-state index contributed by atoms with van der Waals surface area (Å²) in [7, 11) is 1.81. The van der Waals surface area contributed by atoms with E-state index in [1.165, 1.54) is 0 Å². The van der Waals surface area contributed by atoms with Crippen molar-refractivity contribution in [3.8, 4) is 5.69 Å². The maximum absolute atomic E-state index is 12.0. The first-order valence-electron chi connectivity index (χ1n) is 7.19. The molecule has 1 atom stereocenters. The number of carbonyl (C=O) groups is 1. The molecule has 21 heavy (non-hydrogen) atoms. The molecule has 0 fully saturated rings. The number of hydrogen-bond acceptors (Lipinski definition) is 3. The molecule has 1 aromatic heterocycles. The Balaban J connectivity index is 1.93. The van der Waals surface area contributed by atoms with Crippen molar-refractivity contribution in [2.45, 2.75) is 26.4 Å². The van der Waals surface area contributed by atoms with Crippen molar-refractivity contribution < 1.29 is 4.79 Å². The Hall–Kier alpha value is -2.14. The van der Waals surface area contributed by atoms with Crippen LogP contribution in [-0.2, 0) is 11.3 Å². The van der Waals surface area contributed by atoms with E-state index in [1.54, 1.807) is 4.90 Å². The molecule has 0 spiro atoms. The van der Waals surface area contributed by atoms with Crippen molar-refractivity contribution in [3.05, 3.63) is 48.3 Å². The van der Waals surface area contributed by atoms with Gasteiger partial charge in [0.2, 0.25) is 5.91 Å². The van der Waals surface area contributed by atoms with Gasteiger partial charge in [0.05, 0.1) is 17.9 Å². The summed E-state index contributed by atoms with van der Waals surface area (Å²) in [5, 5.41) is 7.58. The van der Waals surface area contributed by atoms with E-state index in [2.05, 4.69) is 10.4 Å². The number of amides is 1. The molecule has 0 aliphatic heterocycles. The molecule has 2 aromatic rings. The van der Waals surface area contributed by atoms with Gasteiger partial charge in [0.15, 0.2) is 0 Å². The van der Waals surface area contributed by atoms with Gasteiger partial charge in [-0.3, -0.25) is 4.79 Å². The molecule has 0 saturated carbocycles. The topological polar surface area (TPSA) is 50.2 Å². The summed E-state index contributed by atoms with van der Waals surface area (Å²) in [5.74, 6) is 0.105. The van der Waals surface area contributed by atoms with Crippen molar-refractivity contribution in [2.24, 2.45) is 0 Å². The first-order chi connectivity index (χ1) is 10.1. The second-order valence-corrected chi connectivity index (χ2v) is 5.08. The molecular formula is C16H22N4O. The lowest BCUT2D eigenvalue weighted by Crippen LogP contribution is -2.42. The van der Waals surface area contributed by atoms with Crippen LogP contribution in [0.3, 0.4) is 0 Å². The average molecular weight is 286 g/mol. The SMILES string of the molecule is CCN(C)C(=O)C(C)NCc1cnn(-c2ccccc2)c1. The number of aromatic nitrogens is 2. The van der Waals surface area contributed by atoms with Crippen LogP contribution in [-0.4, -0.2) is 40.2 Å². The number of hydrogen-bond donors (Lipinski definition) is 1. The summed E-state index contributed by atoms with van der Waals surface area (Å²) < 4.78 is 1.83. The third kappa shape index (κ3) is 3.92. The van der Waals surface area contributed by atoms with Gasteiger partial charge in [-0.05, 0) is 26.0 Å². The smallest absolute Gasteiger partial charge is 0.239 e. The molecule has 0 radical (unpaired) electrons. The van der Waals surface area contributed by atoms with E-state index in [4.69, 9.17) is 0 Å². The molecule has 1 heterocycles. The van der Waals surface area contributed by atoms with Gasteiger partial charge >= 0.3 is 0 Å². The highest BCUT2D eigenvalue weighted by Gasteiger charge is 2.15. The van der Waals surface area contributed by atoms with Crippen LogP contribution in [0.1, 0.15) is 19.4 Å². The Morgan fingerprint density at radius 2 is 2.10 bits per heavy atom. The summed E-state index contributed by atoms with van der Waals surface area (Å²) in [6.07, 6.45) is 3.80. The quantitative estimate of drug-likeness (QED) is 0.881. The molecule has 0 aliphatic carbocycles. The molecule has 5 nitrogen and oxygen atoms in total. The van der Waals surface area contributed by atoms with Crippen molar-refractivity contribution in [3.63, 3.8) is 0 Å². The van der Waals surface area contributed by atoms with Gasteiger partial charge in [-0.25, -0.2) is 4.68 Å². The zero-order valence-corrected chi connectivity index (χ0v) is 12.8. The predicted molar refractivity (Wildman–Crippen MR) is 83.2 cm³/mol. The molecule has 1 N–H and O–H groups in total. The Labute approximate surface area is 125 Å². The molecule has 1 unspecified atom stereocenters. The molecule has 5 heteroatoms. The van der Waals surface area contributed by atoms with Gasteiger partial charge < -0.3 is 10.2 Å². The Kier molecular flexibility index (Phi) is 5.11. The second-order valence-electron chi connectivity index (χ2n) is 5.08. The highest BCUT2D eigenvalue weighted by molar-refractivity contribution is 5.81. The summed E-state index contributed by atoms with van der Waals surface area (Å²) >= 11 is 0. The third-order valence-corrected chi connectivity index (χ3v) is 3.49. The predicted octanol–water partition coefficient (Wildman–Crippen LogP) is 1.83. The number of likely N-dealkylation sites (N-methyl/N-ethyl adjacent to an activating group) is 1. The largest absolute Gasteiger partial charge is 0.345 e. The third-order valence-electron chi connectivity index (χ3n) is 3.49. The Morgan fingerprint density at radius 1 is 1.38 bits per heavy atom. The first kappa shape index (κ1) is 15.3. The molecule has 1 amide bonds. The van der Waals surface area contributed by atoms with Crippen LogP contribution in [0, 0.1) is 0 Å². The van der Waals surface area contributed by atoms with Crippen LogP contribution in [0.4, 0.5) is 0 Å². The minimum atomic E-state index is -0.199. The van der Waals surface area contributed by atoms with E-state index in [-0.39, 0.29) is 11.9 Å². The van der Waals surface area contributed by atoms with Gasteiger partial charge in [0.1, 0.15) is 0 Å². The summed E-state index contributed by atoms with van der Waals surface area (Å²) in [4.78, 5) is 13.7. The van der Waals surface area contributed by atoms with E-state index in [0.717, 1.165) is 17.8 Å². The monoisotopic (exact) mass is 286 g/mol. The lowest BCUT2D eigenvalue weighted by atomic mass is 10.2. The molecular weight excluding hydrogens is 264 g/mol. The summed E-state index contributed by atoms with van der Waals surface area (Å²) in [5.41, 5.74) is 2.08. The maximum Gasteiger partial charge on any atom is 0.239 e.